The molecule has 0 aliphatic heterocycles. The molecule has 0 radical (unpaired) electrons. The highest BCUT2D eigenvalue weighted by Crippen LogP contribution is 2.35. The van der Waals surface area contributed by atoms with Crippen LogP contribution >= 0.6 is 11.6 Å². The Morgan fingerprint density at radius 2 is 2.17 bits per heavy atom. The molecule has 96 valence electrons. The van der Waals surface area contributed by atoms with Gasteiger partial charge in [-0.2, -0.15) is 13.2 Å². The van der Waals surface area contributed by atoms with Crippen molar-refractivity contribution < 1.29 is 22.7 Å². The highest BCUT2D eigenvalue weighted by atomic mass is 35.5. The van der Waals surface area contributed by atoms with Crippen LogP contribution in [0.2, 0.25) is 5.15 Å². The Labute approximate surface area is 104 Å². The molecule has 2 aromatic rings. The predicted octanol–water partition coefficient (Wildman–Crippen LogP) is 3.32. The minimum Gasteiger partial charge on any atom is -0.452 e. The molecule has 0 unspecified atom stereocenters. The van der Waals surface area contributed by atoms with Gasteiger partial charge >= 0.3 is 12.3 Å². The first-order valence-corrected chi connectivity index (χ1v) is 5.05. The Balaban J connectivity index is 2.71. The van der Waals surface area contributed by atoms with Gasteiger partial charge in [-0.05, 0) is 12.1 Å². The summed E-state index contributed by atoms with van der Waals surface area (Å²) >= 11 is 5.45. The van der Waals surface area contributed by atoms with E-state index in [1.807, 2.05) is 0 Å². The van der Waals surface area contributed by atoms with Gasteiger partial charge in [-0.15, -0.1) is 0 Å². The number of ether oxygens (including phenoxy) is 1. The first-order chi connectivity index (χ1) is 8.34. The number of alkyl halides is 3. The molecule has 0 aliphatic rings. The van der Waals surface area contributed by atoms with E-state index >= 15 is 0 Å². The molecule has 4 nitrogen and oxygen atoms in total. The fourth-order valence-corrected chi connectivity index (χ4v) is 1.74. The molecule has 0 spiro atoms. The van der Waals surface area contributed by atoms with Crippen LogP contribution in [0.15, 0.2) is 18.3 Å². The third-order valence-corrected chi connectivity index (χ3v) is 2.59. The highest BCUT2D eigenvalue weighted by molar-refractivity contribution is 6.30. The lowest BCUT2D eigenvalue weighted by Crippen LogP contribution is -2.11. The van der Waals surface area contributed by atoms with Gasteiger partial charge in [0.05, 0.1) is 23.7 Å². The van der Waals surface area contributed by atoms with E-state index in [4.69, 9.17) is 11.6 Å². The Morgan fingerprint density at radius 1 is 1.50 bits per heavy atom. The molecule has 8 heteroatoms. The summed E-state index contributed by atoms with van der Waals surface area (Å²) in [5, 5.41) is -0.655. The second-order valence-corrected chi connectivity index (χ2v) is 3.74. The molecule has 0 fully saturated rings. The lowest BCUT2D eigenvalue weighted by Gasteiger charge is -2.09. The number of nitrogens with zero attached hydrogens (tertiary/aromatic N) is 2. The first-order valence-electron chi connectivity index (χ1n) is 4.67. The third kappa shape index (κ3) is 2.01. The maximum Gasteiger partial charge on any atom is 0.419 e. The van der Waals surface area contributed by atoms with Crippen molar-refractivity contribution in [1.82, 2.24) is 9.55 Å². The summed E-state index contributed by atoms with van der Waals surface area (Å²) in [4.78, 5) is 14.9. The van der Waals surface area contributed by atoms with Crippen molar-refractivity contribution >= 4 is 28.7 Å². The Morgan fingerprint density at radius 3 is 2.72 bits per heavy atom. The van der Waals surface area contributed by atoms with Crippen LogP contribution in [0.4, 0.5) is 18.0 Å². The van der Waals surface area contributed by atoms with Gasteiger partial charge in [0.2, 0.25) is 0 Å². The lowest BCUT2D eigenvalue weighted by atomic mass is 10.2. The molecule has 2 rings (SSSR count). The zero-order valence-electron chi connectivity index (χ0n) is 8.95. The minimum atomic E-state index is -4.64. The molecule has 0 aromatic carbocycles. The normalized spacial score (nSPS) is 11.8. The quantitative estimate of drug-likeness (QED) is 0.694. The molecular formula is C10H6ClF3N2O2. The van der Waals surface area contributed by atoms with E-state index in [-0.39, 0.29) is 11.0 Å². The summed E-state index contributed by atoms with van der Waals surface area (Å²) in [5.74, 6) is 0. The van der Waals surface area contributed by atoms with E-state index in [9.17, 15) is 18.0 Å². The predicted molar refractivity (Wildman–Crippen MR) is 57.5 cm³/mol. The fourth-order valence-electron chi connectivity index (χ4n) is 1.49. The Bertz CT molecular complexity index is 621. The molecule has 0 saturated heterocycles. The van der Waals surface area contributed by atoms with Gasteiger partial charge in [0.15, 0.2) is 0 Å². The number of carbonyl (C=O) groups excluding carboxylic acids is 1. The van der Waals surface area contributed by atoms with Crippen molar-refractivity contribution in [1.29, 1.82) is 0 Å². The molecular weight excluding hydrogens is 273 g/mol. The Hall–Kier alpha value is -1.76. The van der Waals surface area contributed by atoms with E-state index in [1.165, 1.54) is 12.3 Å². The molecule has 0 aliphatic carbocycles. The highest BCUT2D eigenvalue weighted by Gasteiger charge is 2.34. The maximum absolute atomic E-state index is 12.6. The van der Waals surface area contributed by atoms with Crippen molar-refractivity contribution in [2.24, 2.45) is 0 Å². The van der Waals surface area contributed by atoms with Crippen LogP contribution in [-0.4, -0.2) is 22.8 Å². The summed E-state index contributed by atoms with van der Waals surface area (Å²) < 4.78 is 43.3. The Kier molecular flexibility index (Phi) is 2.94. The number of fused-ring (bicyclic) bond motifs is 1. The van der Waals surface area contributed by atoms with Crippen LogP contribution in [0, 0.1) is 0 Å². The van der Waals surface area contributed by atoms with Crippen LogP contribution in [0.25, 0.3) is 11.0 Å². The van der Waals surface area contributed by atoms with Crippen LogP contribution in [0.3, 0.4) is 0 Å². The smallest absolute Gasteiger partial charge is 0.419 e. The topological polar surface area (TPSA) is 44.1 Å². The van der Waals surface area contributed by atoms with Crippen molar-refractivity contribution in [3.8, 4) is 0 Å². The average Bonchev–Trinajstić information content (AvgIpc) is 2.68. The van der Waals surface area contributed by atoms with Crippen LogP contribution in [-0.2, 0) is 10.9 Å². The lowest BCUT2D eigenvalue weighted by molar-refractivity contribution is -0.137. The summed E-state index contributed by atoms with van der Waals surface area (Å²) in [6.07, 6.45) is -4.18. The molecule has 0 saturated carbocycles. The second-order valence-electron chi connectivity index (χ2n) is 3.38. The van der Waals surface area contributed by atoms with E-state index in [0.717, 1.165) is 17.7 Å². The molecule has 0 bridgehead atoms. The monoisotopic (exact) mass is 278 g/mol. The summed E-state index contributed by atoms with van der Waals surface area (Å²) in [6, 6.07) is 2.14. The summed E-state index contributed by atoms with van der Waals surface area (Å²) in [6.45, 7) is 0. The van der Waals surface area contributed by atoms with Gasteiger partial charge in [0.25, 0.3) is 0 Å². The third-order valence-electron chi connectivity index (χ3n) is 2.30. The summed E-state index contributed by atoms with van der Waals surface area (Å²) in [5.41, 5.74) is -0.933. The van der Waals surface area contributed by atoms with Gasteiger partial charge in [-0.3, -0.25) is 4.57 Å². The fraction of sp³-hybridized carbons (Fsp3) is 0.200. The van der Waals surface area contributed by atoms with E-state index in [1.54, 1.807) is 0 Å². The zero-order chi connectivity index (χ0) is 13.5. The molecule has 2 heterocycles. The number of halogens is 4. The van der Waals surface area contributed by atoms with Crippen molar-refractivity contribution in [3.63, 3.8) is 0 Å². The molecule has 0 atom stereocenters. The van der Waals surface area contributed by atoms with Crippen LogP contribution in [0.5, 0.6) is 0 Å². The van der Waals surface area contributed by atoms with Gasteiger partial charge in [0.1, 0.15) is 5.15 Å². The molecule has 2 aromatic heterocycles. The standard InChI is InChI=1S/C10H6ClF3N2O2/c1-18-9(17)16-3-2-6-7(16)4-5(8(11)15-6)10(12,13)14/h2-4H,1H3. The van der Waals surface area contributed by atoms with Crippen LogP contribution in [0.1, 0.15) is 5.56 Å². The number of hydrogen-bond donors (Lipinski definition) is 0. The number of carbonyl (C=O) groups is 1. The van der Waals surface area contributed by atoms with E-state index < -0.39 is 23.0 Å². The van der Waals surface area contributed by atoms with Crippen LogP contribution < -0.4 is 0 Å². The zero-order valence-corrected chi connectivity index (χ0v) is 9.71. The number of aromatic nitrogens is 2. The molecule has 18 heavy (non-hydrogen) atoms. The summed E-state index contributed by atoms with van der Waals surface area (Å²) in [7, 11) is 1.13. The average molecular weight is 279 g/mol. The van der Waals surface area contributed by atoms with Crippen molar-refractivity contribution in [2.45, 2.75) is 6.18 Å². The number of pyridine rings is 1. The second kappa shape index (κ2) is 4.16. The molecule has 0 N–H and O–H groups in total. The van der Waals surface area contributed by atoms with Gasteiger partial charge in [-0.1, -0.05) is 11.6 Å². The SMILES string of the molecule is COC(=O)n1ccc2nc(Cl)c(C(F)(F)F)cc21. The number of methoxy groups -OCH3 is 1. The maximum atomic E-state index is 12.6. The number of hydrogen-bond acceptors (Lipinski definition) is 3. The molecule has 0 amide bonds. The van der Waals surface area contributed by atoms with Gasteiger partial charge < -0.3 is 4.74 Å². The first kappa shape index (κ1) is 12.7. The largest absolute Gasteiger partial charge is 0.452 e. The van der Waals surface area contributed by atoms with Crippen molar-refractivity contribution in [2.75, 3.05) is 7.11 Å². The minimum absolute atomic E-state index is 0.0152. The van der Waals surface area contributed by atoms with E-state index in [2.05, 4.69) is 9.72 Å². The number of rotatable bonds is 0. The van der Waals surface area contributed by atoms with Crippen molar-refractivity contribution in [3.05, 3.63) is 29.0 Å². The van der Waals surface area contributed by atoms with Gasteiger partial charge in [-0.25, -0.2) is 9.78 Å². The van der Waals surface area contributed by atoms with E-state index in [0.29, 0.717) is 0 Å². The van der Waals surface area contributed by atoms with Gasteiger partial charge in [0, 0.05) is 6.20 Å².